The molecule has 0 saturated carbocycles. The van der Waals surface area contributed by atoms with Crippen LogP contribution in [0.4, 0.5) is 0 Å². The Bertz CT molecular complexity index is 637. The molecule has 0 fully saturated rings. The Kier molecular flexibility index (Phi) is 6.92. The van der Waals surface area contributed by atoms with Gasteiger partial charge in [-0.2, -0.15) is 0 Å². The number of rotatable bonds is 10. The average Bonchev–Trinajstić information content (AvgIpc) is 3.00. The number of carbonyl (C=O) groups is 1. The lowest BCUT2D eigenvalue weighted by Crippen LogP contribution is -2.21. The lowest BCUT2D eigenvalue weighted by molar-refractivity contribution is -0.146. The summed E-state index contributed by atoms with van der Waals surface area (Å²) in [6, 6.07) is 9.81. The number of aromatic nitrogens is 2. The number of ether oxygens (including phenoxy) is 3. The molecule has 2 rings (SSSR count). The van der Waals surface area contributed by atoms with E-state index < -0.39 is 12.2 Å². The molecule has 2 aromatic rings. The van der Waals surface area contributed by atoms with Gasteiger partial charge >= 0.3 is 0 Å². The zero-order valence-corrected chi connectivity index (χ0v) is 14.0. The first-order valence-corrected chi connectivity index (χ1v) is 7.87. The van der Waals surface area contributed by atoms with Crippen LogP contribution in [0.2, 0.25) is 0 Å². The quantitative estimate of drug-likeness (QED) is 0.674. The molecule has 2 N–H and O–H groups in total. The van der Waals surface area contributed by atoms with Gasteiger partial charge in [-0.25, -0.2) is 4.98 Å². The molecule has 1 heterocycles. The van der Waals surface area contributed by atoms with E-state index in [-0.39, 0.29) is 12.4 Å². The Labute approximate surface area is 141 Å². The zero-order chi connectivity index (χ0) is 17.4. The van der Waals surface area contributed by atoms with E-state index in [2.05, 4.69) is 4.98 Å². The third-order valence-corrected chi connectivity index (χ3v) is 3.31. The van der Waals surface area contributed by atoms with Crippen LogP contribution in [0.3, 0.4) is 0 Å². The van der Waals surface area contributed by atoms with Crippen LogP contribution >= 0.6 is 0 Å². The second kappa shape index (κ2) is 9.17. The van der Waals surface area contributed by atoms with Crippen LogP contribution < -0.4 is 5.73 Å². The highest BCUT2D eigenvalue weighted by Gasteiger charge is 2.25. The molecule has 0 spiro atoms. The van der Waals surface area contributed by atoms with E-state index in [1.165, 1.54) is 6.33 Å². The van der Waals surface area contributed by atoms with Gasteiger partial charge in [-0.1, -0.05) is 30.3 Å². The lowest BCUT2D eigenvalue weighted by Gasteiger charge is -2.19. The molecule has 7 heteroatoms. The second-order valence-electron chi connectivity index (χ2n) is 5.02. The Morgan fingerprint density at radius 1 is 1.21 bits per heavy atom. The largest absolute Gasteiger partial charge is 0.364 e. The van der Waals surface area contributed by atoms with Crippen LogP contribution in [-0.4, -0.2) is 28.7 Å². The van der Waals surface area contributed by atoms with Gasteiger partial charge in [-0.15, -0.1) is 0 Å². The number of nitrogens with zero attached hydrogens (tertiary/aromatic N) is 2. The van der Waals surface area contributed by atoms with Crippen molar-refractivity contribution in [1.29, 1.82) is 0 Å². The summed E-state index contributed by atoms with van der Waals surface area (Å²) >= 11 is 0. The number of hydrogen-bond donors (Lipinski definition) is 1. The van der Waals surface area contributed by atoms with Gasteiger partial charge in [0, 0.05) is 13.2 Å². The normalized spacial score (nSPS) is 11.1. The minimum atomic E-state index is -0.717. The van der Waals surface area contributed by atoms with Crippen LogP contribution in [0.1, 0.15) is 41.9 Å². The van der Waals surface area contributed by atoms with Gasteiger partial charge in [-0.05, 0) is 19.4 Å². The molecule has 0 radical (unpaired) electrons. The summed E-state index contributed by atoms with van der Waals surface area (Å²) in [7, 11) is 0. The molecule has 130 valence electrons. The fourth-order valence-corrected chi connectivity index (χ4v) is 2.28. The van der Waals surface area contributed by atoms with E-state index in [1.54, 1.807) is 4.57 Å². The molecule has 0 atom stereocenters. The highest BCUT2D eigenvalue weighted by molar-refractivity contribution is 5.92. The predicted molar refractivity (Wildman–Crippen MR) is 88.0 cm³/mol. The summed E-state index contributed by atoms with van der Waals surface area (Å²) in [6.07, 6.45) is 0.788. The van der Waals surface area contributed by atoms with Gasteiger partial charge in [0.2, 0.25) is 6.29 Å². The van der Waals surface area contributed by atoms with Crippen LogP contribution in [0.5, 0.6) is 0 Å². The smallest absolute Gasteiger partial charge is 0.269 e. The van der Waals surface area contributed by atoms with Crippen molar-refractivity contribution in [3.8, 4) is 0 Å². The summed E-state index contributed by atoms with van der Waals surface area (Å²) in [5.74, 6) is -0.629. The lowest BCUT2D eigenvalue weighted by atomic mass is 10.2. The molecule has 0 bridgehead atoms. The van der Waals surface area contributed by atoms with Gasteiger partial charge < -0.3 is 24.5 Å². The van der Waals surface area contributed by atoms with E-state index >= 15 is 0 Å². The molecule has 24 heavy (non-hydrogen) atoms. The molecular weight excluding hydrogens is 310 g/mol. The fraction of sp³-hybridized carbons (Fsp3) is 0.412. The molecular formula is C17H23N3O4. The Morgan fingerprint density at radius 3 is 2.46 bits per heavy atom. The molecule has 1 amide bonds. The van der Waals surface area contributed by atoms with E-state index in [9.17, 15) is 4.79 Å². The third-order valence-electron chi connectivity index (χ3n) is 3.31. The third kappa shape index (κ3) is 4.64. The average molecular weight is 333 g/mol. The second-order valence-corrected chi connectivity index (χ2v) is 5.02. The van der Waals surface area contributed by atoms with Gasteiger partial charge in [-0.3, -0.25) is 4.79 Å². The van der Waals surface area contributed by atoms with Crippen molar-refractivity contribution in [1.82, 2.24) is 9.55 Å². The molecule has 0 aliphatic carbocycles. The summed E-state index contributed by atoms with van der Waals surface area (Å²) in [5, 5.41) is 0. The summed E-state index contributed by atoms with van der Waals surface area (Å²) in [4.78, 5) is 15.7. The number of benzene rings is 1. The Hall–Kier alpha value is -2.22. The van der Waals surface area contributed by atoms with Crippen molar-refractivity contribution in [3.05, 3.63) is 53.6 Å². The van der Waals surface area contributed by atoms with Gasteiger partial charge in [0.25, 0.3) is 5.91 Å². The first kappa shape index (κ1) is 18.1. The van der Waals surface area contributed by atoms with E-state index in [4.69, 9.17) is 19.9 Å². The van der Waals surface area contributed by atoms with Crippen molar-refractivity contribution in [3.63, 3.8) is 0 Å². The number of hydrogen-bond acceptors (Lipinski definition) is 5. The number of amides is 1. The molecule has 1 aromatic heterocycles. The van der Waals surface area contributed by atoms with Gasteiger partial charge in [0.1, 0.15) is 12.4 Å². The van der Waals surface area contributed by atoms with Crippen LogP contribution in [0, 0.1) is 0 Å². The summed E-state index contributed by atoms with van der Waals surface area (Å²) in [6.45, 7) is 5.21. The maximum atomic E-state index is 11.6. The molecule has 1 aromatic carbocycles. The highest BCUT2D eigenvalue weighted by atomic mass is 16.7. The maximum Gasteiger partial charge on any atom is 0.269 e. The summed E-state index contributed by atoms with van der Waals surface area (Å²) in [5.41, 5.74) is 7.07. The van der Waals surface area contributed by atoms with Crippen molar-refractivity contribution in [2.75, 3.05) is 13.2 Å². The SMILES string of the molecule is CCOC(OCC)c1c(C(N)=O)ncn1COCc1ccccc1. The topological polar surface area (TPSA) is 88.6 Å². The maximum absolute atomic E-state index is 11.6. The van der Waals surface area contributed by atoms with E-state index in [1.807, 2.05) is 44.2 Å². The predicted octanol–water partition coefficient (Wildman–Crippen LogP) is 2.23. The molecule has 0 unspecified atom stereocenters. The van der Waals surface area contributed by atoms with E-state index in [0.29, 0.717) is 25.5 Å². The zero-order valence-electron chi connectivity index (χ0n) is 14.0. The number of nitrogens with two attached hydrogens (primary N) is 1. The van der Waals surface area contributed by atoms with Crippen LogP contribution in [0.15, 0.2) is 36.7 Å². The first-order valence-electron chi connectivity index (χ1n) is 7.87. The molecule has 0 saturated heterocycles. The van der Waals surface area contributed by atoms with Crippen molar-refractivity contribution >= 4 is 5.91 Å². The van der Waals surface area contributed by atoms with Crippen molar-refractivity contribution in [2.24, 2.45) is 5.73 Å². The minimum absolute atomic E-state index is 0.130. The standard InChI is InChI=1S/C17H23N3O4/c1-3-23-17(24-4-2)15-14(16(18)21)19-11-20(15)12-22-10-13-8-6-5-7-9-13/h5-9,11,17H,3-4,10,12H2,1-2H3,(H2,18,21). The number of primary amides is 1. The van der Waals surface area contributed by atoms with Crippen molar-refractivity contribution < 1.29 is 19.0 Å². The van der Waals surface area contributed by atoms with Crippen LogP contribution in [0.25, 0.3) is 0 Å². The summed E-state index contributed by atoms with van der Waals surface area (Å²) < 4.78 is 18.5. The Balaban J connectivity index is 2.14. The monoisotopic (exact) mass is 333 g/mol. The first-order chi connectivity index (χ1) is 11.7. The molecule has 0 aliphatic rings. The van der Waals surface area contributed by atoms with E-state index in [0.717, 1.165) is 5.56 Å². The van der Waals surface area contributed by atoms with Crippen LogP contribution in [-0.2, 0) is 27.5 Å². The minimum Gasteiger partial charge on any atom is -0.364 e. The Morgan fingerprint density at radius 2 is 1.88 bits per heavy atom. The van der Waals surface area contributed by atoms with Gasteiger partial charge in [0.15, 0.2) is 5.69 Å². The van der Waals surface area contributed by atoms with Gasteiger partial charge in [0.05, 0.1) is 12.9 Å². The van der Waals surface area contributed by atoms with Crippen molar-refractivity contribution in [2.45, 2.75) is 33.5 Å². The number of carbonyl (C=O) groups excluding carboxylic acids is 1. The molecule has 7 nitrogen and oxygen atoms in total. The molecule has 0 aliphatic heterocycles. The fourth-order valence-electron chi connectivity index (χ4n) is 2.28. The highest BCUT2D eigenvalue weighted by Crippen LogP contribution is 2.23. The number of imidazole rings is 1.